The fourth-order valence-electron chi connectivity index (χ4n) is 3.59. The van der Waals surface area contributed by atoms with Gasteiger partial charge in [-0.2, -0.15) is 5.10 Å². The maximum atomic E-state index is 13.7. The van der Waals surface area contributed by atoms with E-state index in [9.17, 15) is 4.79 Å². The second-order valence-corrected chi connectivity index (χ2v) is 7.13. The van der Waals surface area contributed by atoms with Crippen LogP contribution in [0.3, 0.4) is 0 Å². The molecule has 3 aromatic heterocycles. The topological polar surface area (TPSA) is 73.4 Å². The quantitative estimate of drug-likeness (QED) is 0.468. The van der Waals surface area contributed by atoms with Crippen LogP contribution in [0.1, 0.15) is 21.8 Å². The highest BCUT2D eigenvalue weighted by molar-refractivity contribution is 6.07. The molecule has 7 heteroatoms. The van der Waals surface area contributed by atoms with Gasteiger partial charge in [0.1, 0.15) is 5.76 Å². The second-order valence-electron chi connectivity index (χ2n) is 7.13. The van der Waals surface area contributed by atoms with Crippen LogP contribution in [0.4, 0.5) is 0 Å². The molecule has 0 unspecified atom stereocenters. The summed E-state index contributed by atoms with van der Waals surface area (Å²) < 4.78 is 12.4. The van der Waals surface area contributed by atoms with E-state index < -0.39 is 0 Å². The summed E-state index contributed by atoms with van der Waals surface area (Å²) in [6.45, 7) is 3.13. The lowest BCUT2D eigenvalue weighted by molar-refractivity contribution is 0.0668. The molecule has 1 amide bonds. The van der Waals surface area contributed by atoms with Crippen molar-refractivity contribution < 1.29 is 13.9 Å². The third kappa shape index (κ3) is 3.84. The number of ether oxygens (including phenoxy) is 1. The molecule has 0 bridgehead atoms. The Morgan fingerprint density at radius 2 is 2.00 bits per heavy atom. The van der Waals surface area contributed by atoms with Gasteiger partial charge in [0, 0.05) is 26.3 Å². The fourth-order valence-corrected chi connectivity index (χ4v) is 3.59. The van der Waals surface area contributed by atoms with Crippen LogP contribution in [0.5, 0.6) is 0 Å². The second kappa shape index (κ2) is 8.51. The molecule has 0 aliphatic rings. The minimum atomic E-state index is -0.107. The number of nitrogens with zero attached hydrogens (tertiary/aromatic N) is 4. The van der Waals surface area contributed by atoms with Crippen molar-refractivity contribution in [3.8, 4) is 11.3 Å². The summed E-state index contributed by atoms with van der Waals surface area (Å²) in [5.74, 6) is 0.611. The molecule has 154 valence electrons. The number of methoxy groups -OCH3 is 1. The molecule has 4 rings (SSSR count). The average Bonchev–Trinajstić information content (AvgIpc) is 3.38. The number of rotatable bonds is 7. The van der Waals surface area contributed by atoms with E-state index >= 15 is 0 Å². The first-order chi connectivity index (χ1) is 14.6. The molecule has 1 aromatic carbocycles. The van der Waals surface area contributed by atoms with Crippen LogP contribution in [0.2, 0.25) is 0 Å². The van der Waals surface area contributed by atoms with E-state index in [0.717, 1.165) is 28.1 Å². The molecule has 4 aromatic rings. The number of carbonyl (C=O) groups is 1. The van der Waals surface area contributed by atoms with Gasteiger partial charge in [-0.05, 0) is 25.1 Å². The Morgan fingerprint density at radius 3 is 2.70 bits per heavy atom. The van der Waals surface area contributed by atoms with Crippen molar-refractivity contribution >= 4 is 16.9 Å². The van der Waals surface area contributed by atoms with Crippen molar-refractivity contribution in [2.45, 2.75) is 13.5 Å². The van der Waals surface area contributed by atoms with E-state index in [4.69, 9.17) is 14.1 Å². The number of hydrogen-bond donors (Lipinski definition) is 0. The SMILES string of the molecule is COCCN(Cc1ccco1)C(=O)c1cc(-c2ccccc2)nc2c1c(C)nn2C. The van der Waals surface area contributed by atoms with Gasteiger partial charge in [-0.15, -0.1) is 0 Å². The van der Waals surface area contributed by atoms with E-state index in [1.54, 1.807) is 23.0 Å². The summed E-state index contributed by atoms with van der Waals surface area (Å²) in [4.78, 5) is 20.2. The summed E-state index contributed by atoms with van der Waals surface area (Å²) in [5, 5.41) is 5.27. The molecular formula is C23H24N4O3. The third-order valence-electron chi connectivity index (χ3n) is 5.05. The summed E-state index contributed by atoms with van der Waals surface area (Å²) in [6.07, 6.45) is 1.61. The summed E-state index contributed by atoms with van der Waals surface area (Å²) in [5.41, 5.74) is 3.71. The number of amides is 1. The van der Waals surface area contributed by atoms with Crippen LogP contribution >= 0.6 is 0 Å². The van der Waals surface area contributed by atoms with Gasteiger partial charge in [0.15, 0.2) is 5.65 Å². The lowest BCUT2D eigenvalue weighted by Crippen LogP contribution is -2.33. The molecule has 0 saturated heterocycles. The fraction of sp³-hybridized carbons (Fsp3) is 0.261. The van der Waals surface area contributed by atoms with Crippen molar-refractivity contribution in [3.63, 3.8) is 0 Å². The van der Waals surface area contributed by atoms with E-state index in [1.165, 1.54) is 0 Å². The minimum Gasteiger partial charge on any atom is -0.467 e. The first-order valence-electron chi connectivity index (χ1n) is 9.79. The number of pyridine rings is 1. The van der Waals surface area contributed by atoms with Crippen molar-refractivity contribution in [1.29, 1.82) is 0 Å². The van der Waals surface area contributed by atoms with Gasteiger partial charge in [0.2, 0.25) is 0 Å². The Labute approximate surface area is 174 Å². The van der Waals surface area contributed by atoms with Crippen LogP contribution in [-0.2, 0) is 18.3 Å². The van der Waals surface area contributed by atoms with Gasteiger partial charge in [-0.1, -0.05) is 30.3 Å². The molecule has 0 radical (unpaired) electrons. The van der Waals surface area contributed by atoms with E-state index in [0.29, 0.717) is 30.9 Å². The van der Waals surface area contributed by atoms with Crippen molar-refractivity contribution in [1.82, 2.24) is 19.7 Å². The largest absolute Gasteiger partial charge is 0.467 e. The van der Waals surface area contributed by atoms with E-state index in [2.05, 4.69) is 5.10 Å². The molecule has 30 heavy (non-hydrogen) atoms. The zero-order valence-electron chi connectivity index (χ0n) is 17.3. The van der Waals surface area contributed by atoms with Gasteiger partial charge in [-0.25, -0.2) is 4.98 Å². The zero-order chi connectivity index (χ0) is 21.1. The molecule has 0 aliphatic carbocycles. The summed E-state index contributed by atoms with van der Waals surface area (Å²) in [6, 6.07) is 15.4. The van der Waals surface area contributed by atoms with Gasteiger partial charge < -0.3 is 14.1 Å². The molecule has 7 nitrogen and oxygen atoms in total. The molecule has 0 aliphatic heterocycles. The van der Waals surface area contributed by atoms with Crippen LogP contribution in [-0.4, -0.2) is 45.8 Å². The normalized spacial score (nSPS) is 11.2. The molecule has 0 saturated carbocycles. The Bertz CT molecular complexity index is 1150. The number of fused-ring (bicyclic) bond motifs is 1. The van der Waals surface area contributed by atoms with Gasteiger partial charge >= 0.3 is 0 Å². The molecular weight excluding hydrogens is 380 g/mol. The van der Waals surface area contributed by atoms with Crippen LogP contribution in [0.25, 0.3) is 22.3 Å². The van der Waals surface area contributed by atoms with Crippen molar-refractivity contribution in [2.75, 3.05) is 20.3 Å². The lowest BCUT2D eigenvalue weighted by atomic mass is 10.0. The van der Waals surface area contributed by atoms with Crippen molar-refractivity contribution in [2.24, 2.45) is 7.05 Å². The Hall–Kier alpha value is -3.45. The highest BCUT2D eigenvalue weighted by Crippen LogP contribution is 2.28. The van der Waals surface area contributed by atoms with Gasteiger partial charge in [-0.3, -0.25) is 9.48 Å². The number of benzene rings is 1. The van der Waals surface area contributed by atoms with Crippen LogP contribution in [0.15, 0.2) is 59.2 Å². The maximum absolute atomic E-state index is 13.7. The first-order valence-corrected chi connectivity index (χ1v) is 9.79. The minimum absolute atomic E-state index is 0.107. The Balaban J connectivity index is 1.83. The summed E-state index contributed by atoms with van der Waals surface area (Å²) >= 11 is 0. The average molecular weight is 404 g/mol. The first kappa shape index (κ1) is 19.8. The highest BCUT2D eigenvalue weighted by Gasteiger charge is 2.24. The molecule has 0 fully saturated rings. The number of aryl methyl sites for hydroxylation is 2. The standard InChI is InChI=1S/C23H24N4O3/c1-16-21-19(23(28)27(11-13-29-3)15-18-10-7-12-30-18)14-20(17-8-5-4-6-9-17)24-22(21)26(2)25-16/h4-10,12,14H,11,13,15H2,1-3H3. The monoisotopic (exact) mass is 404 g/mol. The van der Waals surface area contributed by atoms with Crippen molar-refractivity contribution in [3.05, 3.63) is 71.8 Å². The smallest absolute Gasteiger partial charge is 0.255 e. The number of aromatic nitrogens is 3. The predicted molar refractivity (Wildman–Crippen MR) is 114 cm³/mol. The maximum Gasteiger partial charge on any atom is 0.255 e. The Morgan fingerprint density at radius 1 is 1.20 bits per heavy atom. The molecule has 3 heterocycles. The number of furan rings is 1. The lowest BCUT2D eigenvalue weighted by Gasteiger charge is -2.22. The predicted octanol–water partition coefficient (Wildman–Crippen LogP) is 3.83. The molecule has 0 atom stereocenters. The van der Waals surface area contributed by atoms with Gasteiger partial charge in [0.25, 0.3) is 5.91 Å². The molecule has 0 N–H and O–H groups in total. The molecule has 0 spiro atoms. The van der Waals surface area contributed by atoms with Gasteiger partial charge in [0.05, 0.1) is 41.8 Å². The van der Waals surface area contributed by atoms with Crippen LogP contribution < -0.4 is 0 Å². The van der Waals surface area contributed by atoms with E-state index in [-0.39, 0.29) is 5.91 Å². The third-order valence-corrected chi connectivity index (χ3v) is 5.05. The van der Waals surface area contributed by atoms with E-state index in [1.807, 2.05) is 62.5 Å². The Kier molecular flexibility index (Phi) is 5.63. The number of hydrogen-bond acceptors (Lipinski definition) is 5. The zero-order valence-corrected chi connectivity index (χ0v) is 17.3. The number of carbonyl (C=O) groups excluding carboxylic acids is 1. The highest BCUT2D eigenvalue weighted by atomic mass is 16.5. The van der Waals surface area contributed by atoms with Crippen LogP contribution in [0, 0.1) is 6.92 Å². The summed E-state index contributed by atoms with van der Waals surface area (Å²) in [7, 11) is 3.47.